The van der Waals surface area contributed by atoms with E-state index in [1.165, 1.54) is 82.7 Å². The number of rotatable bonds is 7. The molecule has 30 heavy (non-hydrogen) atoms. The minimum atomic E-state index is 0.142. The van der Waals surface area contributed by atoms with Crippen LogP contribution in [0.3, 0.4) is 0 Å². The molecule has 2 heteroatoms. The summed E-state index contributed by atoms with van der Waals surface area (Å²) in [6.45, 7) is 0.912. The minimum absolute atomic E-state index is 0.142. The SMILES string of the molecule is c1ccc([C@]2(CCCCCC3CCc4ccccc43)CCOC3(CCCC3)C2)nc1. The Labute approximate surface area is 182 Å². The zero-order chi connectivity index (χ0) is 20.3. The van der Waals surface area contributed by atoms with Crippen molar-refractivity contribution in [3.8, 4) is 0 Å². The molecule has 5 rings (SSSR count). The van der Waals surface area contributed by atoms with Crippen LogP contribution in [0, 0.1) is 0 Å². The highest BCUT2D eigenvalue weighted by Gasteiger charge is 2.48. The Morgan fingerprint density at radius 2 is 1.80 bits per heavy atom. The van der Waals surface area contributed by atoms with Crippen LogP contribution in [-0.2, 0) is 16.6 Å². The fourth-order valence-corrected chi connectivity index (χ4v) is 6.77. The van der Waals surface area contributed by atoms with Gasteiger partial charge >= 0.3 is 0 Å². The summed E-state index contributed by atoms with van der Waals surface area (Å²) in [5.74, 6) is 0.802. The summed E-state index contributed by atoms with van der Waals surface area (Å²) in [5, 5.41) is 0. The van der Waals surface area contributed by atoms with Crippen molar-refractivity contribution in [1.82, 2.24) is 4.98 Å². The number of pyridine rings is 1. The van der Waals surface area contributed by atoms with Crippen molar-refractivity contribution in [3.63, 3.8) is 0 Å². The largest absolute Gasteiger partial charge is 0.375 e. The normalized spacial score (nSPS) is 27.4. The predicted molar refractivity (Wildman–Crippen MR) is 123 cm³/mol. The zero-order valence-corrected chi connectivity index (χ0v) is 18.5. The zero-order valence-electron chi connectivity index (χ0n) is 18.5. The molecule has 1 aromatic carbocycles. The molecule has 1 saturated heterocycles. The van der Waals surface area contributed by atoms with E-state index < -0.39 is 0 Å². The Kier molecular flexibility index (Phi) is 5.96. The van der Waals surface area contributed by atoms with Crippen molar-refractivity contribution in [1.29, 1.82) is 0 Å². The molecule has 1 aliphatic heterocycles. The fraction of sp³-hybridized carbons (Fsp3) is 0.607. The van der Waals surface area contributed by atoms with Crippen LogP contribution in [0.15, 0.2) is 48.7 Å². The minimum Gasteiger partial charge on any atom is -0.375 e. The van der Waals surface area contributed by atoms with Crippen LogP contribution in [0.1, 0.15) is 99.8 Å². The number of aromatic nitrogens is 1. The molecule has 0 amide bonds. The average molecular weight is 404 g/mol. The number of benzene rings is 1. The van der Waals surface area contributed by atoms with Crippen LogP contribution in [0.5, 0.6) is 0 Å². The monoisotopic (exact) mass is 403 g/mol. The highest BCUT2D eigenvalue weighted by molar-refractivity contribution is 5.34. The standard InChI is InChI=1S/C28H37NO/c1(2-10-23-14-15-24-11-3-4-12-25(23)24)6-16-27(26-13-5-9-20-29-26)19-21-30-28(22-27)17-7-8-18-28/h3-5,9,11-13,20,23H,1-2,6-8,10,14-19,21-22H2/t23?,27-/m1/s1. The number of hydrogen-bond donors (Lipinski definition) is 0. The lowest BCUT2D eigenvalue weighted by atomic mass is 9.67. The first-order valence-electron chi connectivity index (χ1n) is 12.4. The first kappa shape index (κ1) is 20.2. The summed E-state index contributed by atoms with van der Waals surface area (Å²) in [6, 6.07) is 15.6. The van der Waals surface area contributed by atoms with Gasteiger partial charge in [-0.05, 0) is 80.5 Å². The smallest absolute Gasteiger partial charge is 0.0691 e. The van der Waals surface area contributed by atoms with Gasteiger partial charge in [0, 0.05) is 23.9 Å². The highest BCUT2D eigenvalue weighted by Crippen LogP contribution is 2.50. The van der Waals surface area contributed by atoms with Crippen molar-refractivity contribution in [3.05, 3.63) is 65.5 Å². The van der Waals surface area contributed by atoms with Gasteiger partial charge in [0.25, 0.3) is 0 Å². The topological polar surface area (TPSA) is 22.1 Å². The number of nitrogens with zero attached hydrogens (tertiary/aromatic N) is 1. The van der Waals surface area contributed by atoms with E-state index in [1.807, 2.05) is 6.20 Å². The maximum Gasteiger partial charge on any atom is 0.0691 e. The predicted octanol–water partition coefficient (Wildman–Crippen LogP) is 7.12. The van der Waals surface area contributed by atoms with Gasteiger partial charge in [0.1, 0.15) is 0 Å². The van der Waals surface area contributed by atoms with E-state index in [9.17, 15) is 0 Å². The summed E-state index contributed by atoms with van der Waals surface area (Å²) < 4.78 is 6.40. The van der Waals surface area contributed by atoms with E-state index in [-0.39, 0.29) is 11.0 Å². The Bertz CT molecular complexity index is 826. The number of aryl methyl sites for hydroxylation is 1. The molecule has 0 radical (unpaired) electrons. The first-order valence-corrected chi connectivity index (χ1v) is 12.4. The van der Waals surface area contributed by atoms with Crippen LogP contribution in [0.25, 0.3) is 0 Å². The van der Waals surface area contributed by atoms with Gasteiger partial charge in [0.2, 0.25) is 0 Å². The molecule has 2 fully saturated rings. The van der Waals surface area contributed by atoms with Gasteiger partial charge in [-0.1, -0.05) is 62.4 Å². The molecule has 2 heterocycles. The molecule has 0 N–H and O–H groups in total. The van der Waals surface area contributed by atoms with Gasteiger partial charge in [-0.2, -0.15) is 0 Å². The molecule has 2 aromatic rings. The van der Waals surface area contributed by atoms with E-state index in [1.54, 1.807) is 11.1 Å². The maximum atomic E-state index is 6.40. The second-order valence-electron chi connectivity index (χ2n) is 10.2. The molecule has 2 atom stereocenters. The van der Waals surface area contributed by atoms with Gasteiger partial charge < -0.3 is 4.74 Å². The third-order valence-electron chi connectivity index (χ3n) is 8.34. The molecule has 2 aliphatic carbocycles. The van der Waals surface area contributed by atoms with Crippen LogP contribution in [0.4, 0.5) is 0 Å². The van der Waals surface area contributed by atoms with Gasteiger partial charge in [0.05, 0.1) is 5.60 Å². The van der Waals surface area contributed by atoms with E-state index in [0.29, 0.717) is 0 Å². The van der Waals surface area contributed by atoms with Gasteiger partial charge in [-0.15, -0.1) is 0 Å². The van der Waals surface area contributed by atoms with Crippen molar-refractivity contribution < 1.29 is 4.74 Å². The maximum absolute atomic E-state index is 6.40. The van der Waals surface area contributed by atoms with Crippen LogP contribution in [0.2, 0.25) is 0 Å². The van der Waals surface area contributed by atoms with Gasteiger partial charge in [-0.25, -0.2) is 0 Å². The highest BCUT2D eigenvalue weighted by atomic mass is 16.5. The van der Waals surface area contributed by atoms with Gasteiger partial charge in [-0.3, -0.25) is 4.98 Å². The summed E-state index contributed by atoms with van der Waals surface area (Å²) in [7, 11) is 0. The molecule has 0 bridgehead atoms. The van der Waals surface area contributed by atoms with E-state index >= 15 is 0 Å². The lowest BCUT2D eigenvalue weighted by Gasteiger charge is -2.46. The Hall–Kier alpha value is -1.67. The summed E-state index contributed by atoms with van der Waals surface area (Å²) in [6.07, 6.45) is 18.8. The van der Waals surface area contributed by atoms with E-state index in [0.717, 1.165) is 18.9 Å². The quantitative estimate of drug-likeness (QED) is 0.459. The van der Waals surface area contributed by atoms with Crippen LogP contribution < -0.4 is 0 Å². The second-order valence-corrected chi connectivity index (χ2v) is 10.2. The van der Waals surface area contributed by atoms with E-state index in [2.05, 4.69) is 42.5 Å². The second kappa shape index (κ2) is 8.83. The number of unbranched alkanes of at least 4 members (excludes halogenated alkanes) is 2. The molecule has 1 saturated carbocycles. The third-order valence-corrected chi connectivity index (χ3v) is 8.34. The lowest BCUT2D eigenvalue weighted by Crippen LogP contribution is -2.46. The lowest BCUT2D eigenvalue weighted by molar-refractivity contribution is -0.104. The number of hydrogen-bond acceptors (Lipinski definition) is 2. The molecule has 3 aliphatic rings. The Balaban J connectivity index is 1.20. The number of ether oxygens (including phenoxy) is 1. The third kappa shape index (κ3) is 4.08. The summed E-state index contributed by atoms with van der Waals surface area (Å²) in [4.78, 5) is 4.86. The average Bonchev–Trinajstić information content (AvgIpc) is 3.41. The van der Waals surface area contributed by atoms with E-state index in [4.69, 9.17) is 9.72 Å². The fourth-order valence-electron chi connectivity index (χ4n) is 6.77. The molecule has 2 nitrogen and oxygen atoms in total. The molecule has 1 unspecified atom stereocenters. The molecular weight excluding hydrogens is 366 g/mol. The van der Waals surface area contributed by atoms with Gasteiger partial charge in [0.15, 0.2) is 0 Å². The molecular formula is C28H37NO. The van der Waals surface area contributed by atoms with Crippen LogP contribution in [-0.4, -0.2) is 17.2 Å². The van der Waals surface area contributed by atoms with Crippen molar-refractivity contribution in [2.45, 2.75) is 100 Å². The Morgan fingerprint density at radius 1 is 0.933 bits per heavy atom. The van der Waals surface area contributed by atoms with Crippen molar-refractivity contribution >= 4 is 0 Å². The van der Waals surface area contributed by atoms with Crippen molar-refractivity contribution in [2.24, 2.45) is 0 Å². The molecule has 1 aromatic heterocycles. The number of fused-ring (bicyclic) bond motifs is 1. The van der Waals surface area contributed by atoms with Crippen LogP contribution >= 0.6 is 0 Å². The molecule has 160 valence electrons. The van der Waals surface area contributed by atoms with Crippen molar-refractivity contribution in [2.75, 3.05) is 6.61 Å². The summed E-state index contributed by atoms with van der Waals surface area (Å²) >= 11 is 0. The molecule has 1 spiro atoms. The first-order chi connectivity index (χ1) is 14.8. The Morgan fingerprint density at radius 3 is 2.67 bits per heavy atom. The summed E-state index contributed by atoms with van der Waals surface area (Å²) in [5.41, 5.74) is 4.92.